The summed E-state index contributed by atoms with van der Waals surface area (Å²) in [6, 6.07) is 6.59. The SMILES string of the molecule is Cc1ccc(OCC2CC2)c(CN2CCNCC2)c1. The number of rotatable bonds is 5. The van der Waals surface area contributed by atoms with Gasteiger partial charge < -0.3 is 10.1 Å². The van der Waals surface area contributed by atoms with Crippen molar-refractivity contribution in [1.82, 2.24) is 10.2 Å². The summed E-state index contributed by atoms with van der Waals surface area (Å²) < 4.78 is 6.02. The van der Waals surface area contributed by atoms with Gasteiger partial charge in [-0.15, -0.1) is 0 Å². The van der Waals surface area contributed by atoms with Gasteiger partial charge in [0.1, 0.15) is 5.75 Å². The van der Waals surface area contributed by atoms with E-state index in [1.54, 1.807) is 0 Å². The van der Waals surface area contributed by atoms with Gasteiger partial charge in [-0.05, 0) is 31.7 Å². The summed E-state index contributed by atoms with van der Waals surface area (Å²) in [6.07, 6.45) is 2.69. The molecule has 1 aromatic carbocycles. The summed E-state index contributed by atoms with van der Waals surface area (Å²) in [6.45, 7) is 8.55. The van der Waals surface area contributed by atoms with Gasteiger partial charge in [0.2, 0.25) is 0 Å². The van der Waals surface area contributed by atoms with Crippen LogP contribution in [-0.4, -0.2) is 37.7 Å². The molecule has 0 unspecified atom stereocenters. The van der Waals surface area contributed by atoms with E-state index in [0.29, 0.717) is 0 Å². The van der Waals surface area contributed by atoms with Crippen molar-refractivity contribution in [3.05, 3.63) is 29.3 Å². The van der Waals surface area contributed by atoms with Gasteiger partial charge in [0.15, 0.2) is 0 Å². The molecule has 0 aromatic heterocycles. The molecule has 2 aliphatic rings. The molecule has 0 spiro atoms. The molecule has 1 aromatic rings. The van der Waals surface area contributed by atoms with Crippen molar-refractivity contribution < 1.29 is 4.74 Å². The van der Waals surface area contributed by atoms with Crippen LogP contribution in [0.15, 0.2) is 18.2 Å². The number of ether oxygens (including phenoxy) is 1. The molecular formula is C16H24N2O. The highest BCUT2D eigenvalue weighted by Gasteiger charge is 2.22. The van der Waals surface area contributed by atoms with Crippen LogP contribution in [0.4, 0.5) is 0 Å². The van der Waals surface area contributed by atoms with E-state index in [0.717, 1.165) is 51.0 Å². The molecule has 19 heavy (non-hydrogen) atoms. The second-order valence-corrected chi connectivity index (χ2v) is 5.89. The van der Waals surface area contributed by atoms with Crippen molar-refractivity contribution >= 4 is 0 Å². The number of hydrogen-bond donors (Lipinski definition) is 1. The lowest BCUT2D eigenvalue weighted by atomic mass is 10.1. The van der Waals surface area contributed by atoms with Crippen LogP contribution in [-0.2, 0) is 6.54 Å². The van der Waals surface area contributed by atoms with Gasteiger partial charge in [0, 0.05) is 38.3 Å². The van der Waals surface area contributed by atoms with Crippen molar-refractivity contribution in [3.63, 3.8) is 0 Å². The molecule has 3 nitrogen and oxygen atoms in total. The molecule has 1 saturated carbocycles. The Morgan fingerprint density at radius 3 is 2.79 bits per heavy atom. The van der Waals surface area contributed by atoms with Crippen LogP contribution >= 0.6 is 0 Å². The Balaban J connectivity index is 1.67. The molecule has 0 radical (unpaired) electrons. The smallest absolute Gasteiger partial charge is 0.123 e. The lowest BCUT2D eigenvalue weighted by Gasteiger charge is -2.28. The number of nitrogens with one attached hydrogen (secondary N) is 1. The maximum absolute atomic E-state index is 6.02. The molecule has 0 amide bonds. The van der Waals surface area contributed by atoms with Crippen molar-refractivity contribution in [2.75, 3.05) is 32.8 Å². The third kappa shape index (κ3) is 3.71. The first kappa shape index (κ1) is 12.9. The Kier molecular flexibility index (Phi) is 4.04. The Hall–Kier alpha value is -1.06. The molecule has 1 saturated heterocycles. The molecule has 3 rings (SSSR count). The van der Waals surface area contributed by atoms with Crippen LogP contribution < -0.4 is 10.1 Å². The van der Waals surface area contributed by atoms with Gasteiger partial charge in [0.05, 0.1) is 6.61 Å². The minimum Gasteiger partial charge on any atom is -0.493 e. The summed E-state index contributed by atoms with van der Waals surface area (Å²) >= 11 is 0. The third-order valence-electron chi connectivity index (χ3n) is 3.99. The number of hydrogen-bond acceptors (Lipinski definition) is 3. The second kappa shape index (κ2) is 5.93. The second-order valence-electron chi connectivity index (χ2n) is 5.89. The zero-order chi connectivity index (χ0) is 13.1. The fourth-order valence-electron chi connectivity index (χ4n) is 2.57. The first-order valence-corrected chi connectivity index (χ1v) is 7.46. The van der Waals surface area contributed by atoms with Gasteiger partial charge in [-0.2, -0.15) is 0 Å². The van der Waals surface area contributed by atoms with Crippen LogP contribution in [0.3, 0.4) is 0 Å². The van der Waals surface area contributed by atoms with E-state index < -0.39 is 0 Å². The summed E-state index contributed by atoms with van der Waals surface area (Å²) in [4.78, 5) is 2.51. The monoisotopic (exact) mass is 260 g/mol. The van der Waals surface area contributed by atoms with Crippen LogP contribution in [0.25, 0.3) is 0 Å². The number of aryl methyl sites for hydroxylation is 1. The Morgan fingerprint density at radius 2 is 2.05 bits per heavy atom. The first-order chi connectivity index (χ1) is 9.31. The minimum atomic E-state index is 0.813. The highest BCUT2D eigenvalue weighted by atomic mass is 16.5. The number of nitrogens with zero attached hydrogens (tertiary/aromatic N) is 1. The lowest BCUT2D eigenvalue weighted by Crippen LogP contribution is -2.42. The van der Waals surface area contributed by atoms with Crippen LogP contribution in [0.5, 0.6) is 5.75 Å². The van der Waals surface area contributed by atoms with Gasteiger partial charge >= 0.3 is 0 Å². The highest BCUT2D eigenvalue weighted by molar-refractivity contribution is 5.37. The maximum Gasteiger partial charge on any atom is 0.123 e. The molecule has 1 aliphatic carbocycles. The number of benzene rings is 1. The van der Waals surface area contributed by atoms with Crippen molar-refractivity contribution in [2.24, 2.45) is 5.92 Å². The predicted octanol–water partition coefficient (Wildman–Crippen LogP) is 2.19. The van der Waals surface area contributed by atoms with Crippen LogP contribution in [0.2, 0.25) is 0 Å². The lowest BCUT2D eigenvalue weighted by molar-refractivity contribution is 0.226. The summed E-state index contributed by atoms with van der Waals surface area (Å²) in [7, 11) is 0. The molecule has 1 N–H and O–H groups in total. The molecule has 104 valence electrons. The molecule has 3 heteroatoms. The maximum atomic E-state index is 6.02. The fourth-order valence-corrected chi connectivity index (χ4v) is 2.57. The average Bonchev–Trinajstić information content (AvgIpc) is 3.23. The molecule has 2 fully saturated rings. The Labute approximate surface area is 115 Å². The van der Waals surface area contributed by atoms with E-state index in [1.165, 1.54) is 24.0 Å². The van der Waals surface area contributed by atoms with E-state index >= 15 is 0 Å². The van der Waals surface area contributed by atoms with Gasteiger partial charge in [0.25, 0.3) is 0 Å². The largest absolute Gasteiger partial charge is 0.493 e. The van der Waals surface area contributed by atoms with Gasteiger partial charge in [-0.25, -0.2) is 0 Å². The van der Waals surface area contributed by atoms with E-state index in [-0.39, 0.29) is 0 Å². The quantitative estimate of drug-likeness (QED) is 0.878. The minimum absolute atomic E-state index is 0.813. The van der Waals surface area contributed by atoms with E-state index in [1.807, 2.05) is 0 Å². The third-order valence-corrected chi connectivity index (χ3v) is 3.99. The molecule has 0 bridgehead atoms. The van der Waals surface area contributed by atoms with Gasteiger partial charge in [-0.3, -0.25) is 4.90 Å². The zero-order valence-corrected chi connectivity index (χ0v) is 11.8. The molecule has 0 atom stereocenters. The van der Waals surface area contributed by atoms with E-state index in [4.69, 9.17) is 4.74 Å². The fraction of sp³-hybridized carbons (Fsp3) is 0.625. The van der Waals surface area contributed by atoms with Crippen molar-refractivity contribution in [2.45, 2.75) is 26.3 Å². The van der Waals surface area contributed by atoms with E-state index in [2.05, 4.69) is 35.3 Å². The van der Waals surface area contributed by atoms with Crippen molar-refractivity contribution in [3.8, 4) is 5.75 Å². The van der Waals surface area contributed by atoms with Crippen LogP contribution in [0, 0.1) is 12.8 Å². The summed E-state index contributed by atoms with van der Waals surface area (Å²) in [5.74, 6) is 1.91. The van der Waals surface area contributed by atoms with Gasteiger partial charge in [-0.1, -0.05) is 17.7 Å². The Morgan fingerprint density at radius 1 is 1.26 bits per heavy atom. The normalized spacial score (nSPS) is 20.5. The first-order valence-electron chi connectivity index (χ1n) is 7.46. The topological polar surface area (TPSA) is 24.5 Å². The molecular weight excluding hydrogens is 236 g/mol. The van der Waals surface area contributed by atoms with Crippen molar-refractivity contribution in [1.29, 1.82) is 0 Å². The average molecular weight is 260 g/mol. The summed E-state index contributed by atoms with van der Waals surface area (Å²) in [5, 5.41) is 3.40. The Bertz CT molecular complexity index is 423. The highest BCUT2D eigenvalue weighted by Crippen LogP contribution is 2.31. The zero-order valence-electron chi connectivity index (χ0n) is 11.8. The van der Waals surface area contributed by atoms with Crippen LogP contribution in [0.1, 0.15) is 24.0 Å². The molecule has 1 heterocycles. The number of piperazine rings is 1. The predicted molar refractivity (Wildman–Crippen MR) is 77.5 cm³/mol. The molecule has 1 aliphatic heterocycles. The standard InChI is InChI=1S/C16H24N2O/c1-13-2-5-16(19-12-14-3-4-14)15(10-13)11-18-8-6-17-7-9-18/h2,5,10,14,17H,3-4,6-9,11-12H2,1H3. The summed E-state index contributed by atoms with van der Waals surface area (Å²) in [5.41, 5.74) is 2.67. The van der Waals surface area contributed by atoms with E-state index in [9.17, 15) is 0 Å².